The van der Waals surface area contributed by atoms with E-state index in [9.17, 15) is 4.79 Å². The van der Waals surface area contributed by atoms with Crippen LogP contribution in [0.15, 0.2) is 18.2 Å². The lowest BCUT2D eigenvalue weighted by molar-refractivity contribution is 0.0551. The van der Waals surface area contributed by atoms with Crippen molar-refractivity contribution < 1.29 is 4.79 Å². The summed E-state index contributed by atoms with van der Waals surface area (Å²) in [6.45, 7) is 7.17. The molecule has 1 heterocycles. The molecule has 0 saturated carbocycles. The van der Waals surface area contributed by atoms with E-state index < -0.39 is 0 Å². The monoisotopic (exact) mass is 246 g/mol. The van der Waals surface area contributed by atoms with Crippen molar-refractivity contribution in [2.45, 2.75) is 39.7 Å². The zero-order valence-corrected chi connectivity index (χ0v) is 11.4. The van der Waals surface area contributed by atoms with Gasteiger partial charge in [0.25, 0.3) is 5.91 Å². The van der Waals surface area contributed by atoms with Crippen LogP contribution < -0.4 is 5.73 Å². The number of nitrogen functional groups attached to an aromatic ring is 1. The second-order valence-electron chi connectivity index (χ2n) is 5.43. The van der Waals surface area contributed by atoms with E-state index in [0.29, 0.717) is 12.0 Å². The van der Waals surface area contributed by atoms with Crippen LogP contribution in [0.1, 0.15) is 42.6 Å². The SMILES string of the molecule is Cc1cc(C(=O)N2CCCC(C)C2C)ccc1N. The van der Waals surface area contributed by atoms with E-state index in [0.717, 1.165) is 29.8 Å². The van der Waals surface area contributed by atoms with Crippen molar-refractivity contribution in [3.63, 3.8) is 0 Å². The van der Waals surface area contributed by atoms with Gasteiger partial charge in [0, 0.05) is 23.8 Å². The maximum atomic E-state index is 12.5. The van der Waals surface area contributed by atoms with Crippen LogP contribution in [0.5, 0.6) is 0 Å². The van der Waals surface area contributed by atoms with Crippen molar-refractivity contribution >= 4 is 11.6 Å². The molecule has 1 fully saturated rings. The Kier molecular flexibility index (Phi) is 3.60. The van der Waals surface area contributed by atoms with Gasteiger partial charge in [-0.3, -0.25) is 4.79 Å². The van der Waals surface area contributed by atoms with Gasteiger partial charge in [0.05, 0.1) is 0 Å². The lowest BCUT2D eigenvalue weighted by atomic mass is 9.91. The van der Waals surface area contributed by atoms with Crippen molar-refractivity contribution in [1.29, 1.82) is 0 Å². The van der Waals surface area contributed by atoms with Gasteiger partial charge in [0.2, 0.25) is 0 Å². The zero-order valence-electron chi connectivity index (χ0n) is 11.4. The van der Waals surface area contributed by atoms with Crippen LogP contribution in [0.2, 0.25) is 0 Å². The van der Waals surface area contributed by atoms with Crippen molar-refractivity contribution in [2.75, 3.05) is 12.3 Å². The Bertz CT molecular complexity index is 456. The van der Waals surface area contributed by atoms with Crippen LogP contribution in [0.25, 0.3) is 0 Å². The Morgan fingerprint density at radius 1 is 1.39 bits per heavy atom. The van der Waals surface area contributed by atoms with Crippen molar-refractivity contribution in [3.8, 4) is 0 Å². The summed E-state index contributed by atoms with van der Waals surface area (Å²) in [5.41, 5.74) is 8.26. The number of benzene rings is 1. The molecule has 2 atom stereocenters. The highest BCUT2D eigenvalue weighted by molar-refractivity contribution is 5.95. The third-order valence-corrected chi connectivity index (χ3v) is 4.15. The molecule has 0 aromatic heterocycles. The molecule has 1 amide bonds. The Morgan fingerprint density at radius 3 is 2.78 bits per heavy atom. The van der Waals surface area contributed by atoms with E-state index in [4.69, 9.17) is 5.73 Å². The number of likely N-dealkylation sites (tertiary alicyclic amines) is 1. The molecular weight excluding hydrogens is 224 g/mol. The Morgan fingerprint density at radius 2 is 2.11 bits per heavy atom. The second-order valence-corrected chi connectivity index (χ2v) is 5.43. The van der Waals surface area contributed by atoms with Gasteiger partial charge in [-0.25, -0.2) is 0 Å². The third-order valence-electron chi connectivity index (χ3n) is 4.15. The fourth-order valence-electron chi connectivity index (χ4n) is 2.60. The topological polar surface area (TPSA) is 46.3 Å². The number of carbonyl (C=O) groups excluding carboxylic acids is 1. The van der Waals surface area contributed by atoms with Gasteiger partial charge in [0.15, 0.2) is 0 Å². The van der Waals surface area contributed by atoms with Crippen LogP contribution in [-0.2, 0) is 0 Å². The van der Waals surface area contributed by atoms with Crippen LogP contribution >= 0.6 is 0 Å². The maximum absolute atomic E-state index is 12.5. The van der Waals surface area contributed by atoms with Gasteiger partial charge in [0.1, 0.15) is 0 Å². The summed E-state index contributed by atoms with van der Waals surface area (Å²) in [4.78, 5) is 14.5. The molecule has 1 aliphatic heterocycles. The van der Waals surface area contributed by atoms with Crippen molar-refractivity contribution in [3.05, 3.63) is 29.3 Å². The maximum Gasteiger partial charge on any atom is 0.254 e. The number of rotatable bonds is 1. The molecule has 2 rings (SSSR count). The molecule has 1 aromatic carbocycles. The van der Waals surface area contributed by atoms with E-state index in [1.807, 2.05) is 30.0 Å². The first-order valence-corrected chi connectivity index (χ1v) is 6.68. The molecule has 1 aromatic rings. The number of hydrogen-bond acceptors (Lipinski definition) is 2. The molecule has 98 valence electrons. The number of carbonyl (C=O) groups is 1. The van der Waals surface area contributed by atoms with E-state index in [1.54, 1.807) is 0 Å². The smallest absolute Gasteiger partial charge is 0.254 e. The predicted molar refractivity (Wildman–Crippen MR) is 74.5 cm³/mol. The Balaban J connectivity index is 2.22. The third kappa shape index (κ3) is 2.35. The summed E-state index contributed by atoms with van der Waals surface area (Å²) in [6, 6.07) is 5.87. The summed E-state index contributed by atoms with van der Waals surface area (Å²) >= 11 is 0. The van der Waals surface area contributed by atoms with Crippen molar-refractivity contribution in [2.24, 2.45) is 5.92 Å². The molecule has 18 heavy (non-hydrogen) atoms. The lowest BCUT2D eigenvalue weighted by Gasteiger charge is -2.38. The molecule has 0 radical (unpaired) electrons. The fraction of sp³-hybridized carbons (Fsp3) is 0.533. The number of hydrogen-bond donors (Lipinski definition) is 1. The minimum Gasteiger partial charge on any atom is -0.399 e. The molecule has 0 spiro atoms. The van der Waals surface area contributed by atoms with Crippen LogP contribution in [0.4, 0.5) is 5.69 Å². The predicted octanol–water partition coefficient (Wildman–Crippen LogP) is 2.84. The number of aryl methyl sites for hydroxylation is 1. The van der Waals surface area contributed by atoms with Crippen molar-refractivity contribution in [1.82, 2.24) is 4.90 Å². The molecule has 3 heteroatoms. The van der Waals surface area contributed by atoms with Gasteiger partial charge in [-0.05, 0) is 56.4 Å². The second kappa shape index (κ2) is 5.01. The van der Waals surface area contributed by atoms with E-state index in [1.165, 1.54) is 6.42 Å². The standard InChI is InChI=1S/C15H22N2O/c1-10-5-4-8-17(12(10)3)15(18)13-6-7-14(16)11(2)9-13/h6-7,9-10,12H,4-5,8,16H2,1-3H3. The molecule has 2 N–H and O–H groups in total. The molecule has 0 bridgehead atoms. The van der Waals surface area contributed by atoms with Gasteiger partial charge < -0.3 is 10.6 Å². The molecule has 2 unspecified atom stereocenters. The fourth-order valence-corrected chi connectivity index (χ4v) is 2.60. The molecule has 0 aliphatic carbocycles. The largest absolute Gasteiger partial charge is 0.399 e. The van der Waals surface area contributed by atoms with Crippen LogP contribution in [0.3, 0.4) is 0 Å². The van der Waals surface area contributed by atoms with E-state index in [2.05, 4.69) is 13.8 Å². The molecule has 1 aliphatic rings. The summed E-state index contributed by atoms with van der Waals surface area (Å²) < 4.78 is 0. The number of nitrogens with two attached hydrogens (primary N) is 1. The first kappa shape index (κ1) is 12.9. The lowest BCUT2D eigenvalue weighted by Crippen LogP contribution is -2.46. The minimum atomic E-state index is 0.136. The highest BCUT2D eigenvalue weighted by Gasteiger charge is 2.28. The summed E-state index contributed by atoms with van der Waals surface area (Å²) in [7, 11) is 0. The number of anilines is 1. The molecule has 3 nitrogen and oxygen atoms in total. The highest BCUT2D eigenvalue weighted by Crippen LogP contribution is 2.25. The first-order chi connectivity index (χ1) is 8.50. The van der Waals surface area contributed by atoms with Crippen LogP contribution in [-0.4, -0.2) is 23.4 Å². The minimum absolute atomic E-state index is 0.136. The molecular formula is C15H22N2O. The van der Waals surface area contributed by atoms with Gasteiger partial charge in [-0.15, -0.1) is 0 Å². The van der Waals surface area contributed by atoms with E-state index >= 15 is 0 Å². The van der Waals surface area contributed by atoms with Crippen LogP contribution in [0, 0.1) is 12.8 Å². The van der Waals surface area contributed by atoms with Gasteiger partial charge in [-0.1, -0.05) is 6.92 Å². The average molecular weight is 246 g/mol. The Hall–Kier alpha value is -1.51. The quantitative estimate of drug-likeness (QED) is 0.774. The summed E-state index contributed by atoms with van der Waals surface area (Å²) in [5, 5.41) is 0. The Labute approximate surface area is 109 Å². The highest BCUT2D eigenvalue weighted by atomic mass is 16.2. The number of nitrogens with zero attached hydrogens (tertiary/aromatic N) is 1. The van der Waals surface area contributed by atoms with Gasteiger partial charge >= 0.3 is 0 Å². The summed E-state index contributed by atoms with van der Waals surface area (Å²) in [5.74, 6) is 0.717. The summed E-state index contributed by atoms with van der Waals surface area (Å²) in [6.07, 6.45) is 2.32. The number of amides is 1. The first-order valence-electron chi connectivity index (χ1n) is 6.68. The normalized spacial score (nSPS) is 24.1. The number of piperidine rings is 1. The average Bonchev–Trinajstić information content (AvgIpc) is 2.35. The zero-order chi connectivity index (χ0) is 13.3. The van der Waals surface area contributed by atoms with E-state index in [-0.39, 0.29) is 5.91 Å². The van der Waals surface area contributed by atoms with Gasteiger partial charge in [-0.2, -0.15) is 0 Å². The molecule has 1 saturated heterocycles.